The van der Waals surface area contributed by atoms with E-state index in [9.17, 15) is 0 Å². The first-order valence-electron chi connectivity index (χ1n) is 7.69. The van der Waals surface area contributed by atoms with Crippen molar-refractivity contribution in [1.82, 2.24) is 14.9 Å². The minimum Gasteiger partial charge on any atom is -0.357 e. The molecule has 2 heterocycles. The molecule has 0 saturated carbocycles. The predicted octanol–water partition coefficient (Wildman–Crippen LogP) is 3.73. The fraction of sp³-hybridized carbons (Fsp3) is 0.375. The van der Waals surface area contributed by atoms with Gasteiger partial charge in [0.05, 0.1) is 4.90 Å². The van der Waals surface area contributed by atoms with E-state index in [0.29, 0.717) is 16.1 Å². The molecular weight excluding hydrogens is 365 g/mol. The number of benzene rings is 1. The maximum absolute atomic E-state index is 6.47. The van der Waals surface area contributed by atoms with Crippen molar-refractivity contribution in [2.24, 2.45) is 0 Å². The van der Waals surface area contributed by atoms with E-state index >= 15 is 0 Å². The Labute approximate surface area is 156 Å². The van der Waals surface area contributed by atoms with E-state index < -0.39 is 0 Å². The van der Waals surface area contributed by atoms with Gasteiger partial charge in [0.15, 0.2) is 5.15 Å². The van der Waals surface area contributed by atoms with Crippen LogP contribution < -0.4 is 10.2 Å². The molecule has 1 fully saturated rings. The third-order valence-electron chi connectivity index (χ3n) is 3.85. The summed E-state index contributed by atoms with van der Waals surface area (Å²) in [4.78, 5) is 15.4. The molecular formula is C16H19Cl2N5S. The molecule has 0 bridgehead atoms. The van der Waals surface area contributed by atoms with Gasteiger partial charge in [-0.25, -0.2) is 0 Å². The van der Waals surface area contributed by atoms with Gasteiger partial charge in [0.25, 0.3) is 0 Å². The van der Waals surface area contributed by atoms with Crippen molar-refractivity contribution >= 4 is 46.7 Å². The van der Waals surface area contributed by atoms with E-state index in [1.54, 1.807) is 18.8 Å². The van der Waals surface area contributed by atoms with Crippen molar-refractivity contribution in [1.29, 1.82) is 0 Å². The standard InChI is InChI=1S/C16H19Cl2N5S/c1-19-16-20-14(18)13(24-12-5-3-4-11(17)10-12)15(21-16)23-8-6-22(2)7-9-23/h3-5,10H,6-9H2,1-2H3,(H,19,20,21). The highest BCUT2D eigenvalue weighted by molar-refractivity contribution is 7.99. The topological polar surface area (TPSA) is 44.3 Å². The Balaban J connectivity index is 1.97. The number of hydrogen-bond acceptors (Lipinski definition) is 6. The van der Waals surface area contributed by atoms with Gasteiger partial charge in [-0.15, -0.1) is 0 Å². The van der Waals surface area contributed by atoms with Crippen molar-refractivity contribution in [2.75, 3.05) is 50.5 Å². The highest BCUT2D eigenvalue weighted by atomic mass is 35.5. The van der Waals surface area contributed by atoms with Crippen molar-refractivity contribution < 1.29 is 0 Å². The fourth-order valence-electron chi connectivity index (χ4n) is 2.49. The van der Waals surface area contributed by atoms with E-state index in [4.69, 9.17) is 23.2 Å². The molecule has 8 heteroatoms. The lowest BCUT2D eigenvalue weighted by molar-refractivity contribution is 0.311. The number of anilines is 2. The fourth-order valence-corrected chi connectivity index (χ4v) is 3.99. The van der Waals surface area contributed by atoms with Gasteiger partial charge in [-0.3, -0.25) is 0 Å². The van der Waals surface area contributed by atoms with Crippen LogP contribution in [0.25, 0.3) is 0 Å². The normalized spacial score (nSPS) is 15.6. The third-order valence-corrected chi connectivity index (χ3v) is 5.54. The third kappa shape index (κ3) is 4.06. The molecule has 0 unspecified atom stereocenters. The van der Waals surface area contributed by atoms with Gasteiger partial charge >= 0.3 is 0 Å². The molecule has 1 saturated heterocycles. The van der Waals surface area contributed by atoms with Crippen LogP contribution in [0.3, 0.4) is 0 Å². The van der Waals surface area contributed by atoms with Gasteiger partial charge in [0.1, 0.15) is 5.82 Å². The van der Waals surface area contributed by atoms with Crippen LogP contribution in [-0.4, -0.2) is 55.1 Å². The number of nitrogens with one attached hydrogen (secondary N) is 1. The molecule has 0 radical (unpaired) electrons. The number of hydrogen-bond donors (Lipinski definition) is 1. The van der Waals surface area contributed by atoms with Gasteiger partial charge in [-0.1, -0.05) is 41.0 Å². The Bertz CT molecular complexity index is 720. The Morgan fingerprint density at radius 3 is 2.54 bits per heavy atom. The minimum atomic E-state index is 0.452. The Hall–Kier alpha value is -1.21. The molecule has 5 nitrogen and oxygen atoms in total. The van der Waals surface area contributed by atoms with Crippen molar-refractivity contribution in [3.8, 4) is 0 Å². The van der Waals surface area contributed by atoms with E-state index in [1.165, 1.54) is 0 Å². The molecule has 1 aromatic heterocycles. The monoisotopic (exact) mass is 383 g/mol. The molecule has 0 aliphatic carbocycles. The Morgan fingerprint density at radius 2 is 1.88 bits per heavy atom. The summed E-state index contributed by atoms with van der Waals surface area (Å²) in [5.74, 6) is 1.40. The Kier molecular flexibility index (Phi) is 5.71. The van der Waals surface area contributed by atoms with Crippen LogP contribution in [0.5, 0.6) is 0 Å². The maximum Gasteiger partial charge on any atom is 0.225 e. The van der Waals surface area contributed by atoms with Crippen molar-refractivity contribution in [2.45, 2.75) is 9.79 Å². The first-order valence-corrected chi connectivity index (χ1v) is 9.26. The maximum atomic E-state index is 6.47. The quantitative estimate of drug-likeness (QED) is 0.811. The highest BCUT2D eigenvalue weighted by Gasteiger charge is 2.22. The van der Waals surface area contributed by atoms with E-state index in [2.05, 4.69) is 32.1 Å². The summed E-state index contributed by atoms with van der Waals surface area (Å²) in [6.07, 6.45) is 0. The van der Waals surface area contributed by atoms with Crippen LogP contribution in [0, 0.1) is 0 Å². The number of rotatable bonds is 4. The van der Waals surface area contributed by atoms with Crippen LogP contribution in [0.4, 0.5) is 11.8 Å². The molecule has 0 atom stereocenters. The predicted molar refractivity (Wildman–Crippen MR) is 102 cm³/mol. The number of halogens is 2. The van der Waals surface area contributed by atoms with Crippen molar-refractivity contribution in [3.05, 3.63) is 34.4 Å². The Morgan fingerprint density at radius 1 is 1.12 bits per heavy atom. The summed E-state index contributed by atoms with van der Waals surface area (Å²) in [6.45, 7) is 3.82. The van der Waals surface area contributed by atoms with Crippen LogP contribution in [0.15, 0.2) is 34.1 Å². The SMILES string of the molecule is CNc1nc(Cl)c(Sc2cccc(Cl)c2)c(N2CCN(C)CC2)n1. The summed E-state index contributed by atoms with van der Waals surface area (Å²) in [7, 11) is 3.92. The second-order valence-electron chi connectivity index (χ2n) is 5.59. The summed E-state index contributed by atoms with van der Waals surface area (Å²) in [5, 5.41) is 4.13. The number of aromatic nitrogens is 2. The zero-order valence-electron chi connectivity index (χ0n) is 13.6. The van der Waals surface area contributed by atoms with E-state index in [0.717, 1.165) is 41.8 Å². The lowest BCUT2D eigenvalue weighted by Crippen LogP contribution is -2.45. The second-order valence-corrected chi connectivity index (χ2v) is 7.47. The largest absolute Gasteiger partial charge is 0.357 e. The van der Waals surface area contributed by atoms with Gasteiger partial charge in [-0.2, -0.15) is 9.97 Å². The first kappa shape index (κ1) is 17.6. The smallest absolute Gasteiger partial charge is 0.225 e. The zero-order chi connectivity index (χ0) is 17.1. The van der Waals surface area contributed by atoms with Crippen LogP contribution in [-0.2, 0) is 0 Å². The van der Waals surface area contributed by atoms with Gasteiger partial charge in [0, 0.05) is 43.1 Å². The second kappa shape index (κ2) is 7.78. The van der Waals surface area contributed by atoms with Crippen LogP contribution >= 0.6 is 35.0 Å². The molecule has 1 aromatic carbocycles. The molecule has 0 spiro atoms. The molecule has 1 aliphatic rings. The average molecular weight is 384 g/mol. The molecule has 3 rings (SSSR count). The van der Waals surface area contributed by atoms with Gasteiger partial charge in [-0.05, 0) is 25.2 Å². The van der Waals surface area contributed by atoms with E-state index in [-0.39, 0.29) is 0 Å². The average Bonchev–Trinajstić information content (AvgIpc) is 2.57. The molecule has 1 N–H and O–H groups in total. The van der Waals surface area contributed by atoms with Crippen molar-refractivity contribution in [3.63, 3.8) is 0 Å². The zero-order valence-corrected chi connectivity index (χ0v) is 15.9. The summed E-state index contributed by atoms with van der Waals surface area (Å²) < 4.78 is 0. The summed E-state index contributed by atoms with van der Waals surface area (Å²) in [6, 6.07) is 7.71. The lowest BCUT2D eigenvalue weighted by Gasteiger charge is -2.34. The molecule has 2 aromatic rings. The summed E-state index contributed by atoms with van der Waals surface area (Å²) in [5.41, 5.74) is 0. The number of likely N-dealkylation sites (N-methyl/N-ethyl adjacent to an activating group) is 1. The molecule has 128 valence electrons. The summed E-state index contributed by atoms with van der Waals surface area (Å²) >= 11 is 14.1. The highest BCUT2D eigenvalue weighted by Crippen LogP contribution is 2.40. The first-order chi connectivity index (χ1) is 11.6. The van der Waals surface area contributed by atoms with Gasteiger partial charge < -0.3 is 15.1 Å². The van der Waals surface area contributed by atoms with Crippen LogP contribution in [0.2, 0.25) is 10.2 Å². The number of nitrogens with zero attached hydrogens (tertiary/aromatic N) is 4. The minimum absolute atomic E-state index is 0.452. The van der Waals surface area contributed by atoms with E-state index in [1.807, 2.05) is 24.3 Å². The van der Waals surface area contributed by atoms with Crippen LogP contribution in [0.1, 0.15) is 0 Å². The molecule has 0 amide bonds. The molecule has 1 aliphatic heterocycles. The number of piperazine rings is 1. The molecule has 24 heavy (non-hydrogen) atoms. The lowest BCUT2D eigenvalue weighted by atomic mass is 10.3. The van der Waals surface area contributed by atoms with Gasteiger partial charge in [0.2, 0.25) is 5.95 Å².